The Morgan fingerprint density at radius 3 is 2.85 bits per heavy atom. The maximum atomic E-state index is 5.82. The number of rotatable bonds is 1. The number of halogens is 1. The van der Waals surface area contributed by atoms with Gasteiger partial charge in [0.2, 0.25) is 0 Å². The summed E-state index contributed by atoms with van der Waals surface area (Å²) in [5, 5.41) is 0.912. The second-order valence-corrected chi connectivity index (χ2v) is 3.70. The Kier molecular flexibility index (Phi) is 2.01. The molecule has 0 aliphatic carbocycles. The van der Waals surface area contributed by atoms with Crippen LogP contribution >= 0.6 is 15.9 Å². The highest BCUT2D eigenvalue weighted by atomic mass is 79.9. The quantitative estimate of drug-likeness (QED) is 0.804. The van der Waals surface area contributed by atoms with E-state index < -0.39 is 0 Å². The van der Waals surface area contributed by atoms with Crippen LogP contribution in [0.25, 0.3) is 11.0 Å². The third kappa shape index (κ3) is 1.32. The highest BCUT2D eigenvalue weighted by Gasteiger charge is 2.09. The summed E-state index contributed by atoms with van der Waals surface area (Å²) in [6.07, 6.45) is 0. The highest BCUT2D eigenvalue weighted by molar-refractivity contribution is 9.10. The van der Waals surface area contributed by atoms with Crippen molar-refractivity contribution >= 4 is 32.6 Å². The van der Waals surface area contributed by atoms with E-state index in [1.165, 1.54) is 0 Å². The van der Waals surface area contributed by atoms with Crippen LogP contribution in [0, 0.1) is 0 Å². The summed E-state index contributed by atoms with van der Waals surface area (Å²) in [6, 6.07) is 5.70. The van der Waals surface area contributed by atoms with Crippen LogP contribution < -0.4 is 11.5 Å². The standard InChI is InChI=1S/C9H9BrN2O/c10-5-1-2-7-6(3-5)9(12)8(4-11)13-7/h1-3H,4,11-12H2. The van der Waals surface area contributed by atoms with Crippen molar-refractivity contribution in [3.63, 3.8) is 0 Å². The Morgan fingerprint density at radius 2 is 2.15 bits per heavy atom. The van der Waals surface area contributed by atoms with Crippen molar-refractivity contribution in [3.05, 3.63) is 28.4 Å². The Labute approximate surface area is 83.8 Å². The maximum absolute atomic E-state index is 5.82. The number of fused-ring (bicyclic) bond motifs is 1. The lowest BCUT2D eigenvalue weighted by Gasteiger charge is -1.91. The first-order valence-electron chi connectivity index (χ1n) is 3.89. The maximum Gasteiger partial charge on any atom is 0.141 e. The number of benzene rings is 1. The number of hydrogen-bond donors (Lipinski definition) is 2. The molecule has 0 amide bonds. The first-order chi connectivity index (χ1) is 6.22. The van der Waals surface area contributed by atoms with Crippen LogP contribution in [-0.4, -0.2) is 0 Å². The number of anilines is 1. The summed E-state index contributed by atoms with van der Waals surface area (Å²) in [5.74, 6) is 0.646. The molecule has 0 aliphatic heterocycles. The summed E-state index contributed by atoms with van der Waals surface area (Å²) in [6.45, 7) is 0.331. The molecule has 3 nitrogen and oxygen atoms in total. The molecule has 0 saturated heterocycles. The Balaban J connectivity index is 2.77. The van der Waals surface area contributed by atoms with E-state index in [0.717, 1.165) is 15.4 Å². The molecular formula is C9H9BrN2O. The molecule has 0 spiro atoms. The molecule has 0 bridgehead atoms. The summed E-state index contributed by atoms with van der Waals surface area (Å²) >= 11 is 3.37. The molecule has 1 heterocycles. The molecule has 13 heavy (non-hydrogen) atoms. The minimum Gasteiger partial charge on any atom is -0.457 e. The van der Waals surface area contributed by atoms with Gasteiger partial charge in [0.25, 0.3) is 0 Å². The fourth-order valence-electron chi connectivity index (χ4n) is 1.29. The lowest BCUT2D eigenvalue weighted by Crippen LogP contribution is -1.97. The number of nitrogens with two attached hydrogens (primary N) is 2. The molecule has 1 aromatic heterocycles. The van der Waals surface area contributed by atoms with Crippen molar-refractivity contribution in [2.75, 3.05) is 5.73 Å². The van der Waals surface area contributed by atoms with Crippen molar-refractivity contribution in [2.24, 2.45) is 5.73 Å². The van der Waals surface area contributed by atoms with Gasteiger partial charge in [-0.3, -0.25) is 0 Å². The summed E-state index contributed by atoms with van der Waals surface area (Å²) in [7, 11) is 0. The van der Waals surface area contributed by atoms with Gasteiger partial charge in [0.05, 0.1) is 12.2 Å². The monoisotopic (exact) mass is 240 g/mol. The van der Waals surface area contributed by atoms with E-state index in [9.17, 15) is 0 Å². The SMILES string of the molecule is NCc1oc2ccc(Br)cc2c1N. The molecule has 0 radical (unpaired) electrons. The van der Waals surface area contributed by atoms with Crippen LogP contribution in [0.5, 0.6) is 0 Å². The van der Waals surface area contributed by atoms with Gasteiger partial charge in [0, 0.05) is 9.86 Å². The normalized spacial score (nSPS) is 10.9. The van der Waals surface area contributed by atoms with E-state index in [4.69, 9.17) is 15.9 Å². The van der Waals surface area contributed by atoms with Crippen molar-refractivity contribution in [3.8, 4) is 0 Å². The van der Waals surface area contributed by atoms with E-state index in [-0.39, 0.29) is 0 Å². The van der Waals surface area contributed by atoms with Gasteiger partial charge < -0.3 is 15.9 Å². The number of hydrogen-bond acceptors (Lipinski definition) is 3. The van der Waals surface area contributed by atoms with Crippen molar-refractivity contribution in [2.45, 2.75) is 6.54 Å². The van der Waals surface area contributed by atoms with Crippen LogP contribution in [0.4, 0.5) is 5.69 Å². The number of furan rings is 1. The van der Waals surface area contributed by atoms with Crippen molar-refractivity contribution < 1.29 is 4.42 Å². The molecule has 0 saturated carbocycles. The fourth-order valence-corrected chi connectivity index (χ4v) is 1.65. The molecule has 0 unspecified atom stereocenters. The van der Waals surface area contributed by atoms with E-state index >= 15 is 0 Å². The summed E-state index contributed by atoms with van der Waals surface area (Å²) in [5.41, 5.74) is 12.7. The second-order valence-electron chi connectivity index (χ2n) is 2.78. The molecule has 4 heteroatoms. The third-order valence-electron chi connectivity index (χ3n) is 1.95. The lowest BCUT2D eigenvalue weighted by molar-refractivity contribution is 0.554. The smallest absolute Gasteiger partial charge is 0.141 e. The molecule has 0 fully saturated rings. The Bertz CT molecular complexity index is 450. The minimum atomic E-state index is 0.331. The average molecular weight is 241 g/mol. The van der Waals surface area contributed by atoms with E-state index in [1.807, 2.05) is 18.2 Å². The van der Waals surface area contributed by atoms with E-state index in [1.54, 1.807) is 0 Å². The Hall–Kier alpha value is -1.00. The molecule has 1 aromatic carbocycles. The van der Waals surface area contributed by atoms with Gasteiger partial charge >= 0.3 is 0 Å². The van der Waals surface area contributed by atoms with Gasteiger partial charge in [0.15, 0.2) is 0 Å². The minimum absolute atomic E-state index is 0.331. The van der Waals surface area contributed by atoms with Crippen LogP contribution in [0.1, 0.15) is 5.76 Å². The zero-order chi connectivity index (χ0) is 9.42. The van der Waals surface area contributed by atoms with Gasteiger partial charge in [-0.1, -0.05) is 15.9 Å². The van der Waals surface area contributed by atoms with Crippen LogP contribution in [0.3, 0.4) is 0 Å². The molecule has 0 aliphatic rings. The largest absolute Gasteiger partial charge is 0.457 e. The predicted molar refractivity (Wildman–Crippen MR) is 56.2 cm³/mol. The molecule has 2 rings (SSSR count). The fraction of sp³-hybridized carbons (Fsp3) is 0.111. The van der Waals surface area contributed by atoms with Gasteiger partial charge in [-0.2, -0.15) is 0 Å². The van der Waals surface area contributed by atoms with Gasteiger partial charge in [-0.15, -0.1) is 0 Å². The topological polar surface area (TPSA) is 65.2 Å². The first-order valence-corrected chi connectivity index (χ1v) is 4.68. The average Bonchev–Trinajstić information content (AvgIpc) is 2.44. The van der Waals surface area contributed by atoms with Crippen LogP contribution in [-0.2, 0) is 6.54 Å². The molecule has 2 aromatic rings. The van der Waals surface area contributed by atoms with Crippen molar-refractivity contribution in [1.82, 2.24) is 0 Å². The zero-order valence-corrected chi connectivity index (χ0v) is 8.47. The molecular weight excluding hydrogens is 232 g/mol. The number of nitrogen functional groups attached to an aromatic ring is 1. The Morgan fingerprint density at radius 1 is 1.38 bits per heavy atom. The van der Waals surface area contributed by atoms with Gasteiger partial charge in [-0.25, -0.2) is 0 Å². The predicted octanol–water partition coefficient (Wildman–Crippen LogP) is 2.24. The van der Waals surface area contributed by atoms with Crippen LogP contribution in [0.2, 0.25) is 0 Å². The molecule has 68 valence electrons. The summed E-state index contributed by atoms with van der Waals surface area (Å²) < 4.78 is 6.41. The lowest BCUT2D eigenvalue weighted by atomic mass is 10.2. The second kappa shape index (κ2) is 3.05. The zero-order valence-electron chi connectivity index (χ0n) is 6.88. The highest BCUT2D eigenvalue weighted by Crippen LogP contribution is 2.30. The third-order valence-corrected chi connectivity index (χ3v) is 2.44. The van der Waals surface area contributed by atoms with Crippen molar-refractivity contribution in [1.29, 1.82) is 0 Å². The molecule has 0 atom stereocenters. The summed E-state index contributed by atoms with van der Waals surface area (Å²) in [4.78, 5) is 0. The molecule has 4 N–H and O–H groups in total. The van der Waals surface area contributed by atoms with Gasteiger partial charge in [-0.05, 0) is 18.2 Å². The van der Waals surface area contributed by atoms with Crippen LogP contribution in [0.15, 0.2) is 27.1 Å². The van der Waals surface area contributed by atoms with Gasteiger partial charge in [0.1, 0.15) is 11.3 Å². The van der Waals surface area contributed by atoms with E-state index in [0.29, 0.717) is 18.0 Å². The first kappa shape index (κ1) is 8.59. The van der Waals surface area contributed by atoms with E-state index in [2.05, 4.69) is 15.9 Å².